The summed E-state index contributed by atoms with van der Waals surface area (Å²) in [4.78, 5) is 0. The monoisotopic (exact) mass is 316 g/mol. The lowest BCUT2D eigenvalue weighted by Crippen LogP contribution is -2.24. The van der Waals surface area contributed by atoms with Crippen LogP contribution in [-0.4, -0.2) is 29.5 Å². The van der Waals surface area contributed by atoms with Crippen molar-refractivity contribution in [3.8, 4) is 5.75 Å². The molecule has 0 aliphatic carbocycles. The Bertz CT molecular complexity index is 379. The zero-order chi connectivity index (χ0) is 13.7. The lowest BCUT2D eigenvalue weighted by atomic mass is 9.89. The number of hydrogen-bond donors (Lipinski definition) is 2. The fraction of sp³-hybridized carbons (Fsp3) is 0.571. The van der Waals surface area contributed by atoms with Crippen molar-refractivity contribution in [3.05, 3.63) is 28.2 Å². The van der Waals surface area contributed by atoms with Crippen LogP contribution in [-0.2, 0) is 0 Å². The summed E-state index contributed by atoms with van der Waals surface area (Å²) in [6, 6.07) is 5.94. The molecule has 4 heteroatoms. The molecule has 18 heavy (non-hydrogen) atoms. The largest absolute Gasteiger partial charge is 0.496 e. The molecule has 0 aliphatic rings. The number of aliphatic hydroxyl groups is 2. The predicted molar refractivity (Wildman–Crippen MR) is 76.0 cm³/mol. The fourth-order valence-corrected chi connectivity index (χ4v) is 2.52. The molecule has 0 heterocycles. The maximum Gasteiger partial charge on any atom is 0.133 e. The molecule has 0 aliphatic heterocycles. The van der Waals surface area contributed by atoms with Crippen LogP contribution >= 0.6 is 15.9 Å². The number of rotatable bonds is 6. The molecule has 3 nitrogen and oxygen atoms in total. The number of halogens is 1. The van der Waals surface area contributed by atoms with Crippen molar-refractivity contribution in [1.82, 2.24) is 0 Å². The van der Waals surface area contributed by atoms with Crippen LogP contribution in [0.1, 0.15) is 38.2 Å². The van der Waals surface area contributed by atoms with Gasteiger partial charge in [0.25, 0.3) is 0 Å². The number of benzene rings is 1. The number of aliphatic hydroxyl groups excluding tert-OH is 2. The van der Waals surface area contributed by atoms with Crippen molar-refractivity contribution in [3.63, 3.8) is 0 Å². The molecule has 0 bridgehead atoms. The number of hydrogen-bond acceptors (Lipinski definition) is 3. The van der Waals surface area contributed by atoms with Gasteiger partial charge in [-0.1, -0.05) is 13.0 Å². The van der Waals surface area contributed by atoms with Crippen molar-refractivity contribution < 1.29 is 14.9 Å². The van der Waals surface area contributed by atoms with Crippen LogP contribution in [0.3, 0.4) is 0 Å². The molecule has 0 amide bonds. The van der Waals surface area contributed by atoms with Crippen LogP contribution < -0.4 is 4.74 Å². The van der Waals surface area contributed by atoms with E-state index in [-0.39, 0.29) is 5.92 Å². The van der Waals surface area contributed by atoms with Crippen LogP contribution in [0.25, 0.3) is 0 Å². The summed E-state index contributed by atoms with van der Waals surface area (Å²) in [5, 5.41) is 19.1. The molecule has 0 saturated carbocycles. The highest BCUT2D eigenvalue weighted by Crippen LogP contribution is 2.32. The molecule has 3 unspecified atom stereocenters. The van der Waals surface area contributed by atoms with Gasteiger partial charge >= 0.3 is 0 Å². The van der Waals surface area contributed by atoms with E-state index in [1.165, 1.54) is 0 Å². The average Bonchev–Trinajstić information content (AvgIpc) is 2.35. The Hall–Kier alpha value is -0.580. The third kappa shape index (κ3) is 3.97. The van der Waals surface area contributed by atoms with Crippen LogP contribution in [0.2, 0.25) is 0 Å². The van der Waals surface area contributed by atoms with Gasteiger partial charge in [-0.25, -0.2) is 0 Å². The van der Waals surface area contributed by atoms with Gasteiger partial charge in [0, 0.05) is 0 Å². The second-order valence-corrected chi connectivity index (χ2v) is 5.40. The Morgan fingerprint density at radius 2 is 2.00 bits per heavy atom. The molecule has 1 aromatic carbocycles. The first-order chi connectivity index (χ1) is 8.49. The first-order valence-corrected chi connectivity index (χ1v) is 6.98. The quantitative estimate of drug-likeness (QED) is 0.848. The van der Waals surface area contributed by atoms with Gasteiger partial charge in [0.15, 0.2) is 0 Å². The van der Waals surface area contributed by atoms with Crippen molar-refractivity contribution in [2.45, 2.75) is 44.8 Å². The standard InChI is InChI=1S/C14H21BrO3/c1-4-10(8-13(17)9(2)16)11-5-6-14(18-3)12(15)7-11/h5-7,9-10,13,16-17H,4,8H2,1-3H3. The molecule has 0 saturated heterocycles. The van der Waals surface area contributed by atoms with Gasteiger partial charge in [0.05, 0.1) is 23.8 Å². The van der Waals surface area contributed by atoms with E-state index >= 15 is 0 Å². The van der Waals surface area contributed by atoms with Crippen molar-refractivity contribution in [2.75, 3.05) is 7.11 Å². The Labute approximate surface area is 117 Å². The van der Waals surface area contributed by atoms with Gasteiger partial charge in [-0.05, 0) is 59.3 Å². The van der Waals surface area contributed by atoms with E-state index in [9.17, 15) is 10.2 Å². The third-order valence-electron chi connectivity index (χ3n) is 3.22. The highest BCUT2D eigenvalue weighted by molar-refractivity contribution is 9.10. The Kier molecular flexibility index (Phi) is 6.12. The highest BCUT2D eigenvalue weighted by atomic mass is 79.9. The Balaban J connectivity index is 2.85. The molecule has 0 radical (unpaired) electrons. The summed E-state index contributed by atoms with van der Waals surface area (Å²) in [6.45, 7) is 3.69. The van der Waals surface area contributed by atoms with Gasteiger partial charge in [-0.3, -0.25) is 0 Å². The molecule has 0 spiro atoms. The topological polar surface area (TPSA) is 49.7 Å². The van der Waals surface area contributed by atoms with E-state index in [2.05, 4.69) is 22.9 Å². The van der Waals surface area contributed by atoms with Crippen molar-refractivity contribution in [2.24, 2.45) is 0 Å². The third-order valence-corrected chi connectivity index (χ3v) is 3.84. The van der Waals surface area contributed by atoms with Crippen molar-refractivity contribution in [1.29, 1.82) is 0 Å². The maximum atomic E-state index is 9.77. The zero-order valence-corrected chi connectivity index (χ0v) is 12.6. The second-order valence-electron chi connectivity index (χ2n) is 4.54. The normalized spacial score (nSPS) is 16.1. The molecule has 102 valence electrons. The first kappa shape index (κ1) is 15.5. The minimum absolute atomic E-state index is 0.233. The van der Waals surface area contributed by atoms with E-state index < -0.39 is 12.2 Å². The van der Waals surface area contributed by atoms with E-state index in [0.717, 1.165) is 22.2 Å². The molecule has 2 N–H and O–H groups in total. The summed E-state index contributed by atoms with van der Waals surface area (Å²) in [7, 11) is 1.63. The molecule has 3 atom stereocenters. The minimum atomic E-state index is -0.694. The minimum Gasteiger partial charge on any atom is -0.496 e. The highest BCUT2D eigenvalue weighted by Gasteiger charge is 2.19. The summed E-state index contributed by atoms with van der Waals surface area (Å²) < 4.78 is 6.11. The Morgan fingerprint density at radius 1 is 1.33 bits per heavy atom. The van der Waals surface area contributed by atoms with E-state index in [1.54, 1.807) is 14.0 Å². The lowest BCUT2D eigenvalue weighted by molar-refractivity contribution is 0.0215. The number of ether oxygens (including phenoxy) is 1. The molecular weight excluding hydrogens is 296 g/mol. The fourth-order valence-electron chi connectivity index (χ4n) is 1.96. The van der Waals surface area contributed by atoms with Gasteiger partial charge < -0.3 is 14.9 Å². The van der Waals surface area contributed by atoms with Gasteiger partial charge in [0.2, 0.25) is 0 Å². The van der Waals surface area contributed by atoms with Crippen LogP contribution in [0.15, 0.2) is 22.7 Å². The van der Waals surface area contributed by atoms with Crippen LogP contribution in [0.4, 0.5) is 0 Å². The summed E-state index contributed by atoms with van der Waals surface area (Å²) in [5.74, 6) is 1.03. The van der Waals surface area contributed by atoms with Crippen LogP contribution in [0, 0.1) is 0 Å². The molecule has 1 aromatic rings. The van der Waals surface area contributed by atoms with E-state index in [0.29, 0.717) is 6.42 Å². The molecular formula is C14H21BrO3. The van der Waals surface area contributed by atoms with Gasteiger partial charge in [-0.15, -0.1) is 0 Å². The smallest absolute Gasteiger partial charge is 0.133 e. The summed E-state index contributed by atoms with van der Waals surface area (Å²) in [6.07, 6.45) is 0.103. The Morgan fingerprint density at radius 3 is 2.44 bits per heavy atom. The van der Waals surface area contributed by atoms with E-state index in [4.69, 9.17) is 4.74 Å². The predicted octanol–water partition coefficient (Wildman–Crippen LogP) is 3.08. The second kappa shape index (κ2) is 7.12. The lowest BCUT2D eigenvalue weighted by Gasteiger charge is -2.21. The average molecular weight is 317 g/mol. The molecule has 0 fully saturated rings. The zero-order valence-electron chi connectivity index (χ0n) is 11.1. The first-order valence-electron chi connectivity index (χ1n) is 6.19. The maximum absolute atomic E-state index is 9.77. The SMILES string of the molecule is CCC(CC(O)C(C)O)c1ccc(OC)c(Br)c1. The molecule has 0 aromatic heterocycles. The van der Waals surface area contributed by atoms with Crippen molar-refractivity contribution >= 4 is 15.9 Å². The number of methoxy groups -OCH3 is 1. The summed E-state index contributed by atoms with van der Waals surface area (Å²) in [5.41, 5.74) is 1.14. The van der Waals surface area contributed by atoms with Gasteiger partial charge in [0.1, 0.15) is 5.75 Å². The van der Waals surface area contributed by atoms with E-state index in [1.807, 2.05) is 18.2 Å². The van der Waals surface area contributed by atoms with Gasteiger partial charge in [-0.2, -0.15) is 0 Å². The molecule has 1 rings (SSSR count). The summed E-state index contributed by atoms with van der Waals surface area (Å²) >= 11 is 3.46. The van der Waals surface area contributed by atoms with Crippen LogP contribution in [0.5, 0.6) is 5.75 Å².